The first-order valence-electron chi connectivity index (χ1n) is 20.2. The van der Waals surface area contributed by atoms with Crippen LogP contribution < -0.4 is 19.5 Å². The number of nitrogens with one attached hydrogen (secondary N) is 1. The second-order valence-electron chi connectivity index (χ2n) is 13.8. The van der Waals surface area contributed by atoms with E-state index in [1.54, 1.807) is 72.8 Å². The number of carbonyl (C=O) groups is 3. The Morgan fingerprint density at radius 3 is 1.19 bits per heavy atom. The second kappa shape index (κ2) is 26.6. The van der Waals surface area contributed by atoms with E-state index >= 15 is 0 Å². The van der Waals surface area contributed by atoms with E-state index in [1.165, 1.54) is 109 Å². The molecule has 1 amide bonds. The molecule has 0 aliphatic heterocycles. The van der Waals surface area contributed by atoms with Gasteiger partial charge in [-0.1, -0.05) is 129 Å². The average Bonchev–Trinajstić information content (AvgIpc) is 3.16. The summed E-state index contributed by atoms with van der Waals surface area (Å²) >= 11 is 0. The molecule has 3 aromatic rings. The molecule has 0 bridgehead atoms. The number of carbonyl (C=O) groups excluding carboxylic acids is 3. The lowest BCUT2D eigenvalue weighted by atomic mass is 10.1. The van der Waals surface area contributed by atoms with Crippen molar-refractivity contribution >= 4 is 17.8 Å². The molecular weight excluding hydrogens is 650 g/mol. The van der Waals surface area contributed by atoms with Crippen molar-refractivity contribution in [1.82, 2.24) is 5.32 Å². The van der Waals surface area contributed by atoms with Gasteiger partial charge in [0.25, 0.3) is 5.91 Å². The van der Waals surface area contributed by atoms with Gasteiger partial charge in [-0.25, -0.2) is 9.59 Å². The van der Waals surface area contributed by atoms with Gasteiger partial charge in [0.2, 0.25) is 0 Å². The van der Waals surface area contributed by atoms with Gasteiger partial charge in [0.15, 0.2) is 0 Å². The molecule has 0 radical (unpaired) electrons. The minimum atomic E-state index is -0.551. The molecule has 0 saturated heterocycles. The van der Waals surface area contributed by atoms with Gasteiger partial charge in [-0.3, -0.25) is 4.79 Å². The molecular formula is C45H63NO6. The fraction of sp³-hybridized carbons (Fsp3) is 0.533. The Hall–Kier alpha value is -4.13. The molecule has 284 valence electrons. The monoisotopic (exact) mass is 713 g/mol. The van der Waals surface area contributed by atoms with E-state index in [-0.39, 0.29) is 5.91 Å². The van der Waals surface area contributed by atoms with E-state index in [0.29, 0.717) is 41.3 Å². The second-order valence-corrected chi connectivity index (χ2v) is 13.8. The Kier molecular flexibility index (Phi) is 21.6. The van der Waals surface area contributed by atoms with Gasteiger partial charge in [0.1, 0.15) is 17.2 Å². The molecule has 0 atom stereocenters. The average molecular weight is 714 g/mol. The number of hydrogen-bond donors (Lipinski definition) is 1. The molecule has 7 nitrogen and oxygen atoms in total. The van der Waals surface area contributed by atoms with Crippen LogP contribution in [0.1, 0.15) is 173 Å². The lowest BCUT2D eigenvalue weighted by molar-refractivity contribution is 0.0730. The molecule has 0 fully saturated rings. The summed E-state index contributed by atoms with van der Waals surface area (Å²) in [6, 6.07) is 19.7. The summed E-state index contributed by atoms with van der Waals surface area (Å²) in [7, 11) is 0. The van der Waals surface area contributed by atoms with Crippen LogP contribution >= 0.6 is 0 Å². The van der Waals surface area contributed by atoms with Crippen LogP contribution in [0.2, 0.25) is 0 Å². The van der Waals surface area contributed by atoms with Crippen molar-refractivity contribution in [3.05, 3.63) is 89.5 Å². The van der Waals surface area contributed by atoms with Gasteiger partial charge < -0.3 is 19.5 Å². The first-order chi connectivity index (χ1) is 25.5. The summed E-state index contributed by atoms with van der Waals surface area (Å²) < 4.78 is 16.8. The smallest absolute Gasteiger partial charge is 0.343 e. The molecule has 7 heteroatoms. The fourth-order valence-corrected chi connectivity index (χ4v) is 6.05. The number of hydrogen-bond acceptors (Lipinski definition) is 6. The molecule has 0 heterocycles. The van der Waals surface area contributed by atoms with Crippen molar-refractivity contribution in [3.63, 3.8) is 0 Å². The van der Waals surface area contributed by atoms with Crippen molar-refractivity contribution < 1.29 is 28.6 Å². The van der Waals surface area contributed by atoms with Gasteiger partial charge in [-0.2, -0.15) is 0 Å². The van der Waals surface area contributed by atoms with Crippen LogP contribution in [0.4, 0.5) is 0 Å². The number of esters is 2. The highest BCUT2D eigenvalue weighted by molar-refractivity contribution is 5.95. The lowest BCUT2D eigenvalue weighted by Crippen LogP contribution is -2.24. The Morgan fingerprint density at radius 1 is 0.423 bits per heavy atom. The fourth-order valence-electron chi connectivity index (χ4n) is 6.05. The zero-order valence-corrected chi connectivity index (χ0v) is 31.9. The molecule has 0 unspecified atom stereocenters. The zero-order chi connectivity index (χ0) is 37.1. The van der Waals surface area contributed by atoms with Crippen molar-refractivity contribution in [3.8, 4) is 17.2 Å². The van der Waals surface area contributed by atoms with E-state index < -0.39 is 11.9 Å². The molecule has 52 heavy (non-hydrogen) atoms. The van der Waals surface area contributed by atoms with Crippen LogP contribution in [-0.2, 0) is 0 Å². The normalized spacial score (nSPS) is 10.9. The van der Waals surface area contributed by atoms with E-state index in [0.717, 1.165) is 25.0 Å². The summed E-state index contributed by atoms with van der Waals surface area (Å²) in [6.07, 6.45) is 25.3. The number of rotatable bonds is 28. The SMILES string of the molecule is CCCCCCCCCCCCNC(=O)c1ccc(OC(=O)c2ccc(OC(=O)c3ccc(OCCCCCCCCCCCC)cc3)cc2)cc1. The van der Waals surface area contributed by atoms with Crippen molar-refractivity contribution in [2.24, 2.45) is 0 Å². The highest BCUT2D eigenvalue weighted by Gasteiger charge is 2.13. The predicted molar refractivity (Wildman–Crippen MR) is 211 cm³/mol. The summed E-state index contributed by atoms with van der Waals surface area (Å²) in [5.41, 5.74) is 1.23. The van der Waals surface area contributed by atoms with Crippen LogP contribution in [0.3, 0.4) is 0 Å². The van der Waals surface area contributed by atoms with Crippen LogP contribution in [0.25, 0.3) is 0 Å². The Balaban J connectivity index is 1.29. The van der Waals surface area contributed by atoms with Gasteiger partial charge in [0, 0.05) is 12.1 Å². The van der Waals surface area contributed by atoms with Crippen LogP contribution in [0.5, 0.6) is 17.2 Å². The Bertz CT molecular complexity index is 1400. The molecule has 0 aliphatic carbocycles. The van der Waals surface area contributed by atoms with Gasteiger partial charge >= 0.3 is 11.9 Å². The largest absolute Gasteiger partial charge is 0.494 e. The Morgan fingerprint density at radius 2 is 0.769 bits per heavy atom. The lowest BCUT2D eigenvalue weighted by Gasteiger charge is -2.09. The third-order valence-electron chi connectivity index (χ3n) is 9.30. The van der Waals surface area contributed by atoms with E-state index in [9.17, 15) is 14.4 Å². The van der Waals surface area contributed by atoms with E-state index in [1.807, 2.05) is 0 Å². The Labute approximate surface area is 313 Å². The summed E-state index contributed by atoms with van der Waals surface area (Å²) in [4.78, 5) is 37.9. The minimum Gasteiger partial charge on any atom is -0.494 e. The summed E-state index contributed by atoms with van der Waals surface area (Å²) in [5, 5.41) is 2.97. The quantitative estimate of drug-likeness (QED) is 0.0457. The molecule has 3 rings (SSSR count). The van der Waals surface area contributed by atoms with Gasteiger partial charge in [-0.05, 0) is 85.6 Å². The zero-order valence-electron chi connectivity index (χ0n) is 31.9. The van der Waals surface area contributed by atoms with Crippen molar-refractivity contribution in [2.45, 2.75) is 142 Å². The molecule has 0 spiro atoms. The van der Waals surface area contributed by atoms with E-state index in [2.05, 4.69) is 19.2 Å². The maximum absolute atomic E-state index is 12.7. The van der Waals surface area contributed by atoms with E-state index in [4.69, 9.17) is 14.2 Å². The van der Waals surface area contributed by atoms with Crippen LogP contribution in [0.15, 0.2) is 72.8 Å². The topological polar surface area (TPSA) is 90.9 Å². The summed E-state index contributed by atoms with van der Waals surface area (Å²) in [5.74, 6) is 0.197. The van der Waals surface area contributed by atoms with Gasteiger partial charge in [0.05, 0.1) is 17.7 Å². The summed E-state index contributed by atoms with van der Waals surface area (Å²) in [6.45, 7) is 5.81. The number of unbranched alkanes of at least 4 members (excludes halogenated alkanes) is 18. The first-order valence-corrected chi connectivity index (χ1v) is 20.2. The van der Waals surface area contributed by atoms with Crippen LogP contribution in [0, 0.1) is 0 Å². The number of benzene rings is 3. The first kappa shape index (κ1) is 42.3. The minimum absolute atomic E-state index is 0.136. The standard InChI is InChI=1S/C45H63NO6/c1-3-5-7-9-11-13-15-17-19-21-35-46-43(47)37-23-31-41(32-24-37)51-45(49)39-27-33-42(34-28-39)52-44(48)38-25-29-40(30-26-38)50-36-22-20-18-16-14-12-10-8-6-4-2/h23-34H,3-22,35-36H2,1-2H3,(H,46,47). The highest BCUT2D eigenvalue weighted by atomic mass is 16.5. The van der Waals surface area contributed by atoms with Crippen LogP contribution in [-0.4, -0.2) is 31.0 Å². The third kappa shape index (κ3) is 17.9. The number of ether oxygens (including phenoxy) is 3. The van der Waals surface area contributed by atoms with Gasteiger partial charge in [-0.15, -0.1) is 0 Å². The van der Waals surface area contributed by atoms with Crippen molar-refractivity contribution in [2.75, 3.05) is 13.2 Å². The predicted octanol–water partition coefficient (Wildman–Crippen LogP) is 12.1. The number of amides is 1. The molecule has 1 N–H and O–H groups in total. The third-order valence-corrected chi connectivity index (χ3v) is 9.30. The molecule has 0 saturated carbocycles. The highest BCUT2D eigenvalue weighted by Crippen LogP contribution is 2.20. The molecule has 0 aliphatic rings. The maximum Gasteiger partial charge on any atom is 0.343 e. The maximum atomic E-state index is 12.7. The molecule has 0 aromatic heterocycles. The van der Waals surface area contributed by atoms with Crippen molar-refractivity contribution in [1.29, 1.82) is 0 Å². The molecule has 3 aromatic carbocycles.